The fourth-order valence-corrected chi connectivity index (χ4v) is 4.20. The molecule has 0 unspecified atom stereocenters. The third-order valence-corrected chi connectivity index (χ3v) is 5.64. The Hall–Kier alpha value is -3.63. The molecule has 1 heterocycles. The number of amides is 3. The maximum Gasteiger partial charge on any atom is 0.408 e. The van der Waals surface area contributed by atoms with Crippen LogP contribution in [0.25, 0.3) is 16.6 Å². The van der Waals surface area contributed by atoms with E-state index in [4.69, 9.17) is 16.7 Å². The summed E-state index contributed by atoms with van der Waals surface area (Å²) in [6, 6.07) is 10.1. The number of aromatic nitrogens is 2. The van der Waals surface area contributed by atoms with Gasteiger partial charge in [-0.15, -0.1) is 0 Å². The molecule has 0 fully saturated rings. The Balaban J connectivity index is 2.25. The Bertz CT molecular complexity index is 1320. The molecule has 0 saturated carbocycles. The van der Waals surface area contributed by atoms with Gasteiger partial charge in [-0.25, -0.2) is 14.6 Å². The molecule has 3 rings (SSSR count). The molecule has 4 N–H and O–H groups in total. The molecular weight excluding hydrogens is 474 g/mol. The van der Waals surface area contributed by atoms with Crippen LogP contribution in [-0.4, -0.2) is 55.5 Å². The predicted molar refractivity (Wildman–Crippen MR) is 134 cm³/mol. The SMILES string of the molecule is C[C@@H](c1nc2cccc(Cl)c2c(=O)n1-c1cccc(NC(=O)NCCO)c1)N(C(=O)O)C(C)(C)C. The number of urea groups is 1. The van der Waals surface area contributed by atoms with Gasteiger partial charge in [-0.3, -0.25) is 14.3 Å². The topological polar surface area (TPSA) is 137 Å². The molecule has 0 saturated heterocycles. The minimum Gasteiger partial charge on any atom is -0.465 e. The molecule has 0 spiro atoms. The third kappa shape index (κ3) is 5.55. The van der Waals surface area contributed by atoms with Gasteiger partial charge in [0.1, 0.15) is 5.82 Å². The van der Waals surface area contributed by atoms with Gasteiger partial charge >= 0.3 is 12.1 Å². The lowest BCUT2D eigenvalue weighted by atomic mass is 10.0. The number of carbonyl (C=O) groups excluding carboxylic acids is 1. The van der Waals surface area contributed by atoms with Crippen molar-refractivity contribution in [2.45, 2.75) is 39.3 Å². The highest BCUT2D eigenvalue weighted by Gasteiger charge is 2.34. The minimum atomic E-state index is -1.16. The molecule has 0 radical (unpaired) electrons. The van der Waals surface area contributed by atoms with Crippen LogP contribution >= 0.6 is 11.6 Å². The lowest BCUT2D eigenvalue weighted by Crippen LogP contribution is -2.47. The first kappa shape index (κ1) is 26.0. The molecule has 0 bridgehead atoms. The minimum absolute atomic E-state index is 0.0809. The summed E-state index contributed by atoms with van der Waals surface area (Å²) in [5.74, 6) is 0.198. The normalized spacial score (nSPS) is 12.3. The number of hydrogen-bond donors (Lipinski definition) is 4. The lowest BCUT2D eigenvalue weighted by molar-refractivity contribution is 0.0719. The van der Waals surface area contributed by atoms with Gasteiger partial charge in [0.25, 0.3) is 5.56 Å². The molecule has 3 aromatic rings. The Kier molecular flexibility index (Phi) is 7.67. The first-order chi connectivity index (χ1) is 16.5. The van der Waals surface area contributed by atoms with Crippen molar-refractivity contribution in [3.05, 3.63) is 63.7 Å². The second kappa shape index (κ2) is 10.3. The number of carbonyl (C=O) groups is 2. The van der Waals surface area contributed by atoms with Crippen LogP contribution in [0.3, 0.4) is 0 Å². The molecule has 1 aromatic heterocycles. The molecule has 35 heavy (non-hydrogen) atoms. The van der Waals surface area contributed by atoms with Crippen LogP contribution in [0, 0.1) is 0 Å². The number of nitrogens with one attached hydrogen (secondary N) is 2. The van der Waals surface area contributed by atoms with E-state index in [-0.39, 0.29) is 29.4 Å². The molecule has 0 aliphatic rings. The van der Waals surface area contributed by atoms with Gasteiger partial charge in [0, 0.05) is 17.8 Å². The van der Waals surface area contributed by atoms with Crippen LogP contribution in [0.4, 0.5) is 15.3 Å². The second-order valence-corrected chi connectivity index (χ2v) is 9.31. The van der Waals surface area contributed by atoms with E-state index in [0.717, 1.165) is 0 Å². The summed E-state index contributed by atoms with van der Waals surface area (Å²) in [5, 5.41) is 24.4. The van der Waals surface area contributed by atoms with Crippen molar-refractivity contribution in [1.82, 2.24) is 19.8 Å². The maximum atomic E-state index is 13.7. The van der Waals surface area contributed by atoms with E-state index in [1.54, 1.807) is 70.2 Å². The van der Waals surface area contributed by atoms with Crippen LogP contribution in [0.2, 0.25) is 5.02 Å². The standard InChI is InChI=1S/C24H28ClN5O5/c1-14(30(23(34)35)24(2,3)4)20-28-18-10-6-9-17(25)19(18)21(32)29(20)16-8-5-7-15(13-16)27-22(33)26-11-12-31/h5-10,13-14,31H,11-12H2,1-4H3,(H,34,35)(H2,26,27,33)/t14-/m0/s1. The van der Waals surface area contributed by atoms with Gasteiger partial charge in [0.15, 0.2) is 0 Å². The van der Waals surface area contributed by atoms with E-state index < -0.39 is 29.3 Å². The highest BCUT2D eigenvalue weighted by Crippen LogP contribution is 2.30. The fourth-order valence-electron chi connectivity index (χ4n) is 3.95. The summed E-state index contributed by atoms with van der Waals surface area (Å²) in [5.41, 5.74) is -0.161. The number of anilines is 1. The number of hydrogen-bond acceptors (Lipinski definition) is 5. The highest BCUT2D eigenvalue weighted by molar-refractivity contribution is 6.35. The lowest BCUT2D eigenvalue weighted by Gasteiger charge is -2.38. The van der Waals surface area contributed by atoms with E-state index in [0.29, 0.717) is 16.9 Å². The van der Waals surface area contributed by atoms with E-state index >= 15 is 0 Å². The first-order valence-corrected chi connectivity index (χ1v) is 11.3. The summed E-state index contributed by atoms with van der Waals surface area (Å²) >= 11 is 6.34. The molecule has 11 heteroatoms. The monoisotopic (exact) mass is 501 g/mol. The maximum absolute atomic E-state index is 13.7. The summed E-state index contributed by atoms with van der Waals surface area (Å²) in [4.78, 5) is 43.9. The van der Waals surface area contributed by atoms with Crippen molar-refractivity contribution in [3.8, 4) is 5.69 Å². The molecule has 10 nitrogen and oxygen atoms in total. The van der Waals surface area contributed by atoms with Gasteiger partial charge in [-0.05, 0) is 58.0 Å². The Morgan fingerprint density at radius 2 is 1.89 bits per heavy atom. The summed E-state index contributed by atoms with van der Waals surface area (Å²) < 4.78 is 1.32. The van der Waals surface area contributed by atoms with Crippen LogP contribution < -0.4 is 16.2 Å². The average Bonchev–Trinajstić information content (AvgIpc) is 2.76. The van der Waals surface area contributed by atoms with E-state index in [1.165, 1.54) is 9.47 Å². The van der Waals surface area contributed by atoms with Crippen molar-refractivity contribution >= 4 is 40.3 Å². The third-order valence-electron chi connectivity index (χ3n) is 5.32. The van der Waals surface area contributed by atoms with E-state index in [1.807, 2.05) is 0 Å². The van der Waals surface area contributed by atoms with Gasteiger partial charge in [-0.2, -0.15) is 0 Å². The highest BCUT2D eigenvalue weighted by atomic mass is 35.5. The number of aliphatic hydroxyl groups is 1. The van der Waals surface area contributed by atoms with Gasteiger partial charge in [0.05, 0.1) is 34.3 Å². The molecule has 2 aromatic carbocycles. The summed E-state index contributed by atoms with van der Waals surface area (Å²) in [6.45, 7) is 6.81. The number of rotatable bonds is 6. The smallest absolute Gasteiger partial charge is 0.408 e. The zero-order valence-corrected chi connectivity index (χ0v) is 20.6. The quantitative estimate of drug-likeness (QED) is 0.403. The van der Waals surface area contributed by atoms with Crippen molar-refractivity contribution < 1.29 is 19.8 Å². The summed E-state index contributed by atoms with van der Waals surface area (Å²) in [7, 11) is 0. The number of aliphatic hydroxyl groups excluding tert-OH is 1. The molecular formula is C24H28ClN5O5. The Labute approximate surface area is 207 Å². The van der Waals surface area contributed by atoms with Crippen molar-refractivity contribution in [1.29, 1.82) is 0 Å². The Morgan fingerprint density at radius 1 is 1.20 bits per heavy atom. The van der Waals surface area contributed by atoms with Crippen LogP contribution in [0.1, 0.15) is 39.6 Å². The largest absolute Gasteiger partial charge is 0.465 e. The number of nitrogens with zero attached hydrogens (tertiary/aromatic N) is 3. The van der Waals surface area contributed by atoms with Gasteiger partial charge in [0.2, 0.25) is 0 Å². The molecule has 0 aliphatic heterocycles. The summed E-state index contributed by atoms with van der Waals surface area (Å²) in [6.07, 6.45) is -1.16. The Morgan fingerprint density at radius 3 is 2.51 bits per heavy atom. The first-order valence-electron chi connectivity index (χ1n) is 10.9. The van der Waals surface area contributed by atoms with Crippen LogP contribution in [-0.2, 0) is 0 Å². The predicted octanol–water partition coefficient (Wildman–Crippen LogP) is 3.99. The molecule has 186 valence electrons. The van der Waals surface area contributed by atoms with Crippen molar-refractivity contribution in [2.24, 2.45) is 0 Å². The average molecular weight is 502 g/mol. The van der Waals surface area contributed by atoms with Crippen LogP contribution in [0.15, 0.2) is 47.3 Å². The molecule has 1 atom stereocenters. The number of halogens is 1. The van der Waals surface area contributed by atoms with Crippen LogP contribution in [0.5, 0.6) is 0 Å². The zero-order chi connectivity index (χ0) is 25.9. The molecule has 3 amide bonds. The number of benzene rings is 2. The van der Waals surface area contributed by atoms with E-state index in [2.05, 4.69) is 15.6 Å². The van der Waals surface area contributed by atoms with Crippen molar-refractivity contribution in [3.63, 3.8) is 0 Å². The van der Waals surface area contributed by atoms with Gasteiger partial charge in [-0.1, -0.05) is 23.7 Å². The van der Waals surface area contributed by atoms with Gasteiger partial charge < -0.3 is 20.8 Å². The second-order valence-electron chi connectivity index (χ2n) is 8.90. The fraction of sp³-hybridized carbons (Fsp3) is 0.333. The van der Waals surface area contributed by atoms with Crippen molar-refractivity contribution in [2.75, 3.05) is 18.5 Å². The number of fused-ring (bicyclic) bond motifs is 1. The number of carboxylic acid groups (broad SMARTS) is 1. The molecule has 0 aliphatic carbocycles. The zero-order valence-electron chi connectivity index (χ0n) is 19.9. The van der Waals surface area contributed by atoms with E-state index in [9.17, 15) is 19.5 Å².